The summed E-state index contributed by atoms with van der Waals surface area (Å²) in [6.07, 6.45) is 0. The van der Waals surface area contributed by atoms with Crippen LogP contribution in [0.1, 0.15) is 31.9 Å². The monoisotopic (exact) mass is 370 g/mol. The first-order valence-electron chi connectivity index (χ1n) is 8.85. The summed E-state index contributed by atoms with van der Waals surface area (Å²) in [5.74, 6) is 0.836. The molecule has 0 fully saturated rings. The van der Waals surface area contributed by atoms with E-state index in [2.05, 4.69) is 10.3 Å². The van der Waals surface area contributed by atoms with Crippen LogP contribution in [0.25, 0.3) is 0 Å². The maximum atomic E-state index is 11.9. The van der Waals surface area contributed by atoms with Crippen LogP contribution in [0.5, 0.6) is 5.75 Å². The Morgan fingerprint density at radius 2 is 1.85 bits per heavy atom. The minimum atomic E-state index is -0.521. The van der Waals surface area contributed by atoms with Crippen LogP contribution in [-0.4, -0.2) is 31.0 Å². The molecule has 2 aromatic rings. The van der Waals surface area contributed by atoms with Gasteiger partial charge in [-0.15, -0.1) is 0 Å². The first kappa shape index (κ1) is 20.3. The van der Waals surface area contributed by atoms with Gasteiger partial charge in [-0.3, -0.25) is 15.5 Å². The topological polar surface area (TPSA) is 87.5 Å². The number of carbonyl (C=O) groups is 1. The molecule has 2 aromatic carbocycles. The molecule has 0 aliphatic rings. The number of anilines is 1. The SMILES string of the molecule is C[NH+]=C(N)c1cc(OCc2ccccc2)ccc1NCC(=O)OC(C)(C)C. The lowest BCUT2D eigenvalue weighted by molar-refractivity contribution is -0.420. The van der Waals surface area contributed by atoms with E-state index in [-0.39, 0.29) is 12.5 Å². The van der Waals surface area contributed by atoms with E-state index in [1.54, 1.807) is 7.05 Å². The van der Waals surface area contributed by atoms with Gasteiger partial charge in [0.2, 0.25) is 0 Å². The lowest BCUT2D eigenvalue weighted by atomic mass is 10.1. The summed E-state index contributed by atoms with van der Waals surface area (Å²) in [5.41, 5.74) is 8.08. The van der Waals surface area contributed by atoms with Crippen LogP contribution >= 0.6 is 0 Å². The Kier molecular flexibility index (Phi) is 6.82. The summed E-state index contributed by atoms with van der Waals surface area (Å²) in [6, 6.07) is 15.4. The van der Waals surface area contributed by atoms with Crippen molar-refractivity contribution in [1.82, 2.24) is 0 Å². The summed E-state index contributed by atoms with van der Waals surface area (Å²) in [6.45, 7) is 6.02. The molecule has 27 heavy (non-hydrogen) atoms. The minimum Gasteiger partial charge on any atom is -0.489 e. The van der Waals surface area contributed by atoms with Crippen molar-refractivity contribution in [3.8, 4) is 5.75 Å². The molecule has 4 N–H and O–H groups in total. The van der Waals surface area contributed by atoms with Crippen molar-refractivity contribution in [2.45, 2.75) is 33.0 Å². The summed E-state index contributed by atoms with van der Waals surface area (Å²) in [7, 11) is 1.74. The van der Waals surface area contributed by atoms with E-state index in [1.165, 1.54) is 0 Å². The summed E-state index contributed by atoms with van der Waals surface area (Å²) in [5, 5.41) is 3.08. The quantitative estimate of drug-likeness (QED) is 0.390. The van der Waals surface area contributed by atoms with Crippen LogP contribution in [-0.2, 0) is 16.1 Å². The number of nitrogen functional groups attached to an aromatic ring is 1. The number of esters is 1. The highest BCUT2D eigenvalue weighted by molar-refractivity contribution is 5.99. The number of benzene rings is 2. The van der Waals surface area contributed by atoms with Crippen molar-refractivity contribution < 1.29 is 19.3 Å². The second-order valence-electron chi connectivity index (χ2n) is 7.09. The smallest absolute Gasteiger partial charge is 0.325 e. The number of nitrogens with two attached hydrogens (primary N) is 1. The van der Waals surface area contributed by atoms with Gasteiger partial charge in [0.05, 0.1) is 18.3 Å². The zero-order valence-electron chi connectivity index (χ0n) is 16.3. The number of hydrogen-bond donors (Lipinski definition) is 3. The van der Waals surface area contributed by atoms with E-state index in [0.29, 0.717) is 18.2 Å². The zero-order chi connectivity index (χ0) is 19.9. The highest BCUT2D eigenvalue weighted by atomic mass is 16.6. The fourth-order valence-electron chi connectivity index (χ4n) is 2.41. The molecule has 6 heteroatoms. The van der Waals surface area contributed by atoms with Crippen molar-refractivity contribution in [2.75, 3.05) is 18.9 Å². The third-order valence-corrected chi connectivity index (χ3v) is 3.64. The van der Waals surface area contributed by atoms with Crippen LogP contribution in [0.15, 0.2) is 48.5 Å². The number of rotatable bonds is 7. The van der Waals surface area contributed by atoms with Gasteiger partial charge in [0.15, 0.2) is 0 Å². The van der Waals surface area contributed by atoms with Gasteiger partial charge in [-0.2, -0.15) is 0 Å². The van der Waals surface area contributed by atoms with Gasteiger partial charge in [0.25, 0.3) is 5.84 Å². The lowest BCUT2D eigenvalue weighted by Gasteiger charge is -2.20. The zero-order valence-corrected chi connectivity index (χ0v) is 16.3. The average molecular weight is 370 g/mol. The lowest BCUT2D eigenvalue weighted by Crippen LogP contribution is -2.71. The van der Waals surface area contributed by atoms with Crippen molar-refractivity contribution >= 4 is 17.5 Å². The molecule has 0 amide bonds. The highest BCUT2D eigenvalue weighted by Gasteiger charge is 2.17. The molecule has 0 spiro atoms. The molecule has 0 saturated heterocycles. The standard InChI is InChI=1S/C21H27N3O3/c1-21(2,3)27-19(25)13-24-18-11-10-16(12-17(18)20(22)23-4)26-14-15-8-6-5-7-9-15/h5-12,24H,13-14H2,1-4H3,(H2,22,23)/p+1. The fraction of sp³-hybridized carbons (Fsp3) is 0.333. The van der Waals surface area contributed by atoms with Gasteiger partial charge in [0.1, 0.15) is 24.5 Å². The second-order valence-corrected chi connectivity index (χ2v) is 7.09. The van der Waals surface area contributed by atoms with Crippen LogP contribution in [0.3, 0.4) is 0 Å². The molecule has 0 bridgehead atoms. The Balaban J connectivity index is 2.09. The number of carbonyl (C=O) groups excluding carboxylic acids is 1. The molecule has 6 nitrogen and oxygen atoms in total. The summed E-state index contributed by atoms with van der Waals surface area (Å²) < 4.78 is 11.2. The third kappa shape index (κ3) is 6.66. The molecule has 0 unspecified atom stereocenters. The molecule has 2 rings (SSSR count). The largest absolute Gasteiger partial charge is 0.489 e. The number of hydrogen-bond acceptors (Lipinski definition) is 4. The number of amidine groups is 1. The van der Waals surface area contributed by atoms with E-state index >= 15 is 0 Å². The predicted molar refractivity (Wildman–Crippen MR) is 107 cm³/mol. The van der Waals surface area contributed by atoms with Crippen molar-refractivity contribution in [3.05, 3.63) is 59.7 Å². The van der Waals surface area contributed by atoms with E-state index in [0.717, 1.165) is 16.8 Å². The predicted octanol–water partition coefficient (Wildman–Crippen LogP) is 1.43. The van der Waals surface area contributed by atoms with Gasteiger partial charge in [-0.05, 0) is 44.5 Å². The van der Waals surface area contributed by atoms with Crippen molar-refractivity contribution in [3.63, 3.8) is 0 Å². The fourth-order valence-corrected chi connectivity index (χ4v) is 2.41. The first-order chi connectivity index (χ1) is 12.8. The van der Waals surface area contributed by atoms with Gasteiger partial charge in [-0.1, -0.05) is 30.3 Å². The molecule has 0 aromatic heterocycles. The van der Waals surface area contributed by atoms with Crippen LogP contribution in [0.4, 0.5) is 5.69 Å². The average Bonchev–Trinajstić information content (AvgIpc) is 2.63. The third-order valence-electron chi connectivity index (χ3n) is 3.64. The van der Waals surface area contributed by atoms with Crippen molar-refractivity contribution in [1.29, 1.82) is 0 Å². The normalized spacial score (nSPS) is 11.8. The summed E-state index contributed by atoms with van der Waals surface area (Å²) in [4.78, 5) is 14.9. The maximum Gasteiger partial charge on any atom is 0.325 e. The van der Waals surface area contributed by atoms with Gasteiger partial charge >= 0.3 is 5.97 Å². The molecule has 0 heterocycles. The van der Waals surface area contributed by atoms with Crippen LogP contribution in [0.2, 0.25) is 0 Å². The Morgan fingerprint density at radius 3 is 2.48 bits per heavy atom. The van der Waals surface area contributed by atoms with Gasteiger partial charge in [0, 0.05) is 0 Å². The molecule has 144 valence electrons. The highest BCUT2D eigenvalue weighted by Crippen LogP contribution is 2.22. The van der Waals surface area contributed by atoms with E-state index in [1.807, 2.05) is 69.3 Å². The molecule has 0 aliphatic carbocycles. The Bertz CT molecular complexity index is 796. The molecular weight excluding hydrogens is 342 g/mol. The van der Waals surface area contributed by atoms with Crippen LogP contribution in [0, 0.1) is 0 Å². The van der Waals surface area contributed by atoms with Crippen LogP contribution < -0.4 is 20.8 Å². The second kappa shape index (κ2) is 9.07. The Hall–Kier alpha value is -3.02. The Labute approximate surface area is 160 Å². The Morgan fingerprint density at radius 1 is 1.15 bits per heavy atom. The minimum absolute atomic E-state index is 0.0471. The number of nitrogens with one attached hydrogen (secondary N) is 2. The first-order valence-corrected chi connectivity index (χ1v) is 8.85. The van der Waals surface area contributed by atoms with E-state index in [9.17, 15) is 4.79 Å². The molecule has 0 atom stereocenters. The van der Waals surface area contributed by atoms with E-state index < -0.39 is 5.60 Å². The maximum absolute atomic E-state index is 11.9. The number of ether oxygens (including phenoxy) is 2. The van der Waals surface area contributed by atoms with E-state index in [4.69, 9.17) is 15.2 Å². The molecular formula is C21H28N3O3+. The van der Waals surface area contributed by atoms with Gasteiger partial charge < -0.3 is 14.8 Å². The summed E-state index contributed by atoms with van der Waals surface area (Å²) >= 11 is 0. The van der Waals surface area contributed by atoms with Crippen molar-refractivity contribution in [2.24, 2.45) is 5.73 Å². The van der Waals surface area contributed by atoms with Gasteiger partial charge in [-0.25, -0.2) is 0 Å². The molecule has 0 saturated carbocycles. The molecule has 0 radical (unpaired) electrons. The molecule has 0 aliphatic heterocycles.